The topological polar surface area (TPSA) is 89.4 Å². The Bertz CT molecular complexity index is 919. The molecule has 1 aromatic heterocycles. The molecule has 21 heavy (non-hydrogen) atoms. The number of nitrogens with two attached hydrogens (primary N) is 1. The Balaban J connectivity index is 2.34. The van der Waals surface area contributed by atoms with Gasteiger partial charge >= 0.3 is 0 Å². The summed E-state index contributed by atoms with van der Waals surface area (Å²) in [4.78, 5) is 3.08. The molecule has 3 rings (SSSR count). The van der Waals surface area contributed by atoms with Gasteiger partial charge in [0.1, 0.15) is 18.0 Å². The highest BCUT2D eigenvalue weighted by molar-refractivity contribution is 6.02. The van der Waals surface area contributed by atoms with E-state index in [-0.39, 0.29) is 0 Å². The quantitative estimate of drug-likeness (QED) is 0.710. The third kappa shape index (κ3) is 2.00. The molecule has 0 spiro atoms. The molecule has 0 aliphatic carbocycles. The van der Waals surface area contributed by atoms with Crippen LogP contribution in [0.25, 0.3) is 22.0 Å². The first kappa shape index (κ1) is 12.8. The Morgan fingerprint density at radius 3 is 2.24 bits per heavy atom. The van der Waals surface area contributed by atoms with Crippen molar-refractivity contribution >= 4 is 16.7 Å². The molecule has 0 aliphatic heterocycles. The van der Waals surface area contributed by atoms with E-state index < -0.39 is 0 Å². The van der Waals surface area contributed by atoms with Crippen LogP contribution in [0.1, 0.15) is 16.7 Å². The predicted molar refractivity (Wildman–Crippen MR) is 82.3 cm³/mol. The van der Waals surface area contributed by atoms with E-state index in [2.05, 4.69) is 11.1 Å². The maximum absolute atomic E-state index is 9.17. The molecule has 3 N–H and O–H groups in total. The fourth-order valence-electron chi connectivity index (χ4n) is 2.48. The van der Waals surface area contributed by atoms with E-state index in [0.717, 1.165) is 22.0 Å². The molecule has 100 valence electrons. The summed E-state index contributed by atoms with van der Waals surface area (Å²) in [7, 11) is 0. The minimum Gasteiger partial charge on any atom is -0.385 e. The van der Waals surface area contributed by atoms with Gasteiger partial charge in [-0.05, 0) is 24.6 Å². The molecule has 0 saturated heterocycles. The summed E-state index contributed by atoms with van der Waals surface area (Å²) in [5.74, 6) is 0.535. The Kier molecular flexibility index (Phi) is 2.86. The molecule has 0 fully saturated rings. The van der Waals surface area contributed by atoms with E-state index in [1.54, 1.807) is 12.1 Å². The Hall–Kier alpha value is -3.24. The van der Waals surface area contributed by atoms with Crippen molar-refractivity contribution in [3.63, 3.8) is 0 Å². The van der Waals surface area contributed by atoms with Gasteiger partial charge < -0.3 is 10.7 Å². The van der Waals surface area contributed by atoms with Crippen molar-refractivity contribution in [3.8, 4) is 23.3 Å². The van der Waals surface area contributed by atoms with Gasteiger partial charge in [0.05, 0.1) is 11.1 Å². The van der Waals surface area contributed by atoms with Crippen LogP contribution < -0.4 is 5.73 Å². The zero-order valence-corrected chi connectivity index (χ0v) is 11.4. The number of aromatic amines is 1. The van der Waals surface area contributed by atoms with Gasteiger partial charge in [-0.25, -0.2) is 0 Å². The van der Waals surface area contributed by atoms with Gasteiger partial charge in [-0.2, -0.15) is 10.5 Å². The van der Waals surface area contributed by atoms with Crippen LogP contribution in [-0.2, 0) is 0 Å². The predicted octanol–water partition coefficient (Wildman–Crippen LogP) is 3.47. The second-order valence-electron chi connectivity index (χ2n) is 4.95. The minimum absolute atomic E-state index is 0.349. The summed E-state index contributed by atoms with van der Waals surface area (Å²) in [5, 5.41) is 19.1. The molecule has 1 heterocycles. The van der Waals surface area contributed by atoms with Crippen molar-refractivity contribution < 1.29 is 0 Å². The van der Waals surface area contributed by atoms with Gasteiger partial charge in [0, 0.05) is 16.5 Å². The van der Waals surface area contributed by atoms with Crippen LogP contribution in [0.15, 0.2) is 36.4 Å². The molecule has 4 nitrogen and oxygen atoms in total. The Morgan fingerprint density at radius 2 is 1.62 bits per heavy atom. The summed E-state index contributed by atoms with van der Waals surface area (Å²) in [6, 6.07) is 15.5. The number of aryl methyl sites for hydroxylation is 1. The standard InChI is InChI=1S/C17H12N4/c1-10-2-4-11(5-3-10)16-14-6-12(8-18)13(9-19)7-15(14)21-17(16)20/h2-7,21H,20H2,1H3. The molecule has 0 atom stereocenters. The lowest BCUT2D eigenvalue weighted by Gasteiger charge is -2.03. The number of nitriles is 2. The van der Waals surface area contributed by atoms with Gasteiger partial charge in [-0.15, -0.1) is 0 Å². The van der Waals surface area contributed by atoms with Gasteiger partial charge in [0.15, 0.2) is 0 Å². The fourth-order valence-corrected chi connectivity index (χ4v) is 2.48. The second kappa shape index (κ2) is 4.70. The van der Waals surface area contributed by atoms with E-state index in [1.165, 1.54) is 5.56 Å². The van der Waals surface area contributed by atoms with Crippen LogP contribution in [-0.4, -0.2) is 4.98 Å². The van der Waals surface area contributed by atoms with Crippen molar-refractivity contribution in [1.82, 2.24) is 4.98 Å². The third-order valence-corrected chi connectivity index (χ3v) is 3.55. The number of nitrogens with zero attached hydrogens (tertiary/aromatic N) is 2. The second-order valence-corrected chi connectivity index (χ2v) is 4.95. The zero-order chi connectivity index (χ0) is 15.0. The highest BCUT2D eigenvalue weighted by atomic mass is 14.9. The van der Waals surface area contributed by atoms with E-state index in [1.807, 2.05) is 37.3 Å². The van der Waals surface area contributed by atoms with Crippen LogP contribution in [0.4, 0.5) is 5.82 Å². The van der Waals surface area contributed by atoms with E-state index in [9.17, 15) is 5.26 Å². The summed E-state index contributed by atoms with van der Waals surface area (Å²) >= 11 is 0. The molecular formula is C17H12N4. The molecular weight excluding hydrogens is 260 g/mol. The molecule has 3 aromatic rings. The van der Waals surface area contributed by atoms with Crippen molar-refractivity contribution in [1.29, 1.82) is 10.5 Å². The van der Waals surface area contributed by atoms with Gasteiger partial charge in [-0.3, -0.25) is 0 Å². The Labute approximate surface area is 122 Å². The Morgan fingerprint density at radius 1 is 1.00 bits per heavy atom. The van der Waals surface area contributed by atoms with Crippen LogP contribution in [0.2, 0.25) is 0 Å². The van der Waals surface area contributed by atoms with Gasteiger partial charge in [0.25, 0.3) is 0 Å². The van der Waals surface area contributed by atoms with Crippen molar-refractivity contribution in [2.24, 2.45) is 0 Å². The zero-order valence-electron chi connectivity index (χ0n) is 11.4. The number of H-pyrrole nitrogens is 1. The monoisotopic (exact) mass is 272 g/mol. The lowest BCUT2D eigenvalue weighted by Crippen LogP contribution is -1.87. The maximum atomic E-state index is 9.17. The number of nitrogen functional groups attached to an aromatic ring is 1. The molecule has 0 bridgehead atoms. The van der Waals surface area contributed by atoms with Gasteiger partial charge in [0.2, 0.25) is 0 Å². The van der Waals surface area contributed by atoms with Crippen molar-refractivity contribution in [2.75, 3.05) is 5.73 Å². The molecule has 4 heteroatoms. The lowest BCUT2D eigenvalue weighted by molar-refractivity contribution is 1.43. The first-order valence-corrected chi connectivity index (χ1v) is 6.46. The number of hydrogen-bond acceptors (Lipinski definition) is 3. The minimum atomic E-state index is 0.349. The van der Waals surface area contributed by atoms with E-state index >= 15 is 0 Å². The molecule has 0 saturated carbocycles. The average molecular weight is 272 g/mol. The number of nitrogens with one attached hydrogen (secondary N) is 1. The maximum Gasteiger partial charge on any atom is 0.109 e. The summed E-state index contributed by atoms with van der Waals surface area (Å²) in [5.41, 5.74) is 10.6. The van der Waals surface area contributed by atoms with Gasteiger partial charge in [-0.1, -0.05) is 29.8 Å². The van der Waals surface area contributed by atoms with Crippen LogP contribution in [0.5, 0.6) is 0 Å². The SMILES string of the molecule is Cc1ccc(-c2c(N)[nH]c3cc(C#N)c(C#N)cc23)cc1. The number of anilines is 1. The summed E-state index contributed by atoms with van der Waals surface area (Å²) < 4.78 is 0. The largest absolute Gasteiger partial charge is 0.385 e. The summed E-state index contributed by atoms with van der Waals surface area (Å²) in [6.45, 7) is 2.02. The van der Waals surface area contributed by atoms with Crippen molar-refractivity contribution in [2.45, 2.75) is 6.92 Å². The van der Waals surface area contributed by atoms with Crippen LogP contribution in [0.3, 0.4) is 0 Å². The molecule has 0 radical (unpaired) electrons. The smallest absolute Gasteiger partial charge is 0.109 e. The van der Waals surface area contributed by atoms with E-state index in [0.29, 0.717) is 16.9 Å². The number of benzene rings is 2. The molecule has 0 aliphatic rings. The normalized spacial score (nSPS) is 10.2. The summed E-state index contributed by atoms with van der Waals surface area (Å²) in [6.07, 6.45) is 0. The highest BCUT2D eigenvalue weighted by Gasteiger charge is 2.14. The molecule has 2 aromatic carbocycles. The first-order valence-electron chi connectivity index (χ1n) is 6.46. The number of hydrogen-bond donors (Lipinski definition) is 2. The number of aromatic nitrogens is 1. The van der Waals surface area contributed by atoms with Crippen molar-refractivity contribution in [3.05, 3.63) is 53.1 Å². The average Bonchev–Trinajstić information content (AvgIpc) is 2.81. The number of rotatable bonds is 1. The number of fused-ring (bicyclic) bond motifs is 1. The molecule has 0 unspecified atom stereocenters. The van der Waals surface area contributed by atoms with Crippen LogP contribution in [0, 0.1) is 29.6 Å². The van der Waals surface area contributed by atoms with E-state index in [4.69, 9.17) is 11.0 Å². The molecule has 0 amide bonds. The lowest BCUT2D eigenvalue weighted by atomic mass is 9.99. The van der Waals surface area contributed by atoms with Crippen LogP contribution >= 0.6 is 0 Å². The third-order valence-electron chi connectivity index (χ3n) is 3.55. The highest BCUT2D eigenvalue weighted by Crippen LogP contribution is 2.35. The fraction of sp³-hybridized carbons (Fsp3) is 0.0588. The first-order chi connectivity index (χ1) is 10.1.